The van der Waals surface area contributed by atoms with Gasteiger partial charge < -0.3 is 14.5 Å². The second kappa shape index (κ2) is 8.27. The Morgan fingerprint density at radius 1 is 1.13 bits per heavy atom. The fourth-order valence-corrected chi connectivity index (χ4v) is 3.92. The molecule has 0 aromatic carbocycles. The largest absolute Gasteiger partial charge is 0.378 e. The third-order valence-corrected chi connectivity index (χ3v) is 5.53. The van der Waals surface area contributed by atoms with Gasteiger partial charge in [0, 0.05) is 45.8 Å². The summed E-state index contributed by atoms with van der Waals surface area (Å²) in [6, 6.07) is 0.00728. The summed E-state index contributed by atoms with van der Waals surface area (Å²) in [4.78, 5) is 19.5. The number of allylic oxidation sites excluding steroid dienone is 2. The van der Waals surface area contributed by atoms with Crippen molar-refractivity contribution in [3.05, 3.63) is 12.2 Å². The zero-order valence-corrected chi connectivity index (χ0v) is 14.5. The van der Waals surface area contributed by atoms with Gasteiger partial charge in [-0.3, -0.25) is 9.69 Å². The lowest BCUT2D eigenvalue weighted by molar-refractivity contribution is -0.141. The van der Waals surface area contributed by atoms with E-state index in [0.29, 0.717) is 13.2 Å². The van der Waals surface area contributed by atoms with E-state index < -0.39 is 0 Å². The summed E-state index contributed by atoms with van der Waals surface area (Å²) in [6.07, 6.45) is 8.48. The normalized spacial score (nSPS) is 28.7. The minimum absolute atomic E-state index is 0.00728. The number of carbonyl (C=O) groups is 1. The third kappa shape index (κ3) is 4.55. The van der Waals surface area contributed by atoms with E-state index >= 15 is 0 Å². The van der Waals surface area contributed by atoms with Gasteiger partial charge in [-0.25, -0.2) is 0 Å². The molecule has 0 spiro atoms. The van der Waals surface area contributed by atoms with E-state index in [1.54, 1.807) is 0 Å². The number of piperazine rings is 1. The number of hydrogen-bond acceptors (Lipinski definition) is 4. The number of amides is 1. The van der Waals surface area contributed by atoms with Gasteiger partial charge in [-0.05, 0) is 32.1 Å². The van der Waals surface area contributed by atoms with Gasteiger partial charge in [0.2, 0.25) is 5.91 Å². The Kier molecular flexibility index (Phi) is 6.08. The molecule has 3 aliphatic rings. The lowest BCUT2D eigenvalue weighted by Gasteiger charge is -2.40. The van der Waals surface area contributed by atoms with Gasteiger partial charge in [-0.2, -0.15) is 0 Å². The number of carbonyl (C=O) groups excluding carboxylic acids is 1. The number of nitrogens with zero attached hydrogens (tertiary/aromatic N) is 3. The first kappa shape index (κ1) is 16.9. The van der Waals surface area contributed by atoms with Gasteiger partial charge >= 0.3 is 0 Å². The molecule has 1 aliphatic carbocycles. The highest BCUT2D eigenvalue weighted by Crippen LogP contribution is 2.20. The summed E-state index contributed by atoms with van der Waals surface area (Å²) < 4.78 is 5.34. The van der Waals surface area contributed by atoms with E-state index in [-0.39, 0.29) is 11.9 Å². The van der Waals surface area contributed by atoms with Gasteiger partial charge in [0.25, 0.3) is 0 Å². The van der Waals surface area contributed by atoms with Crippen molar-refractivity contribution < 1.29 is 9.53 Å². The molecule has 2 unspecified atom stereocenters. The summed E-state index contributed by atoms with van der Waals surface area (Å²) in [5.74, 6) is 1.11. The molecule has 0 N–H and O–H groups in total. The number of rotatable bonds is 4. The molecule has 0 saturated carbocycles. The second-order valence-corrected chi connectivity index (χ2v) is 7.10. The molecule has 3 rings (SSSR count). The topological polar surface area (TPSA) is 36.0 Å². The maximum absolute atomic E-state index is 12.6. The standard InChI is InChI=1S/C18H31N3O2/c1-16(18(22)21-11-13-23-14-12-21)20-9-7-19(8-10-20)15-17-5-3-2-4-6-17/h2-3,16-17H,4-15H2,1H3. The molecule has 0 aromatic rings. The summed E-state index contributed by atoms with van der Waals surface area (Å²) in [6.45, 7) is 10.4. The quantitative estimate of drug-likeness (QED) is 0.729. The van der Waals surface area contributed by atoms with Crippen molar-refractivity contribution in [2.24, 2.45) is 5.92 Å². The molecule has 0 aromatic heterocycles. The monoisotopic (exact) mass is 321 g/mol. The van der Waals surface area contributed by atoms with Crippen LogP contribution in [-0.2, 0) is 9.53 Å². The summed E-state index contributed by atoms with van der Waals surface area (Å²) in [7, 11) is 0. The van der Waals surface area contributed by atoms with Crippen LogP contribution in [0.1, 0.15) is 26.2 Å². The van der Waals surface area contributed by atoms with Crippen molar-refractivity contribution in [3.63, 3.8) is 0 Å². The fourth-order valence-electron chi connectivity index (χ4n) is 3.92. The smallest absolute Gasteiger partial charge is 0.239 e. The first-order valence-electron chi connectivity index (χ1n) is 9.22. The molecule has 0 radical (unpaired) electrons. The molecule has 1 amide bonds. The lowest BCUT2D eigenvalue weighted by atomic mass is 9.94. The molecular formula is C18H31N3O2. The lowest BCUT2D eigenvalue weighted by Crippen LogP contribution is -2.56. The van der Waals surface area contributed by atoms with Crippen LogP contribution in [0.5, 0.6) is 0 Å². The molecule has 130 valence electrons. The number of morpholine rings is 1. The fraction of sp³-hybridized carbons (Fsp3) is 0.833. The summed E-state index contributed by atoms with van der Waals surface area (Å²) in [5, 5.41) is 0. The van der Waals surface area contributed by atoms with E-state index in [2.05, 4.69) is 28.9 Å². The van der Waals surface area contributed by atoms with Crippen molar-refractivity contribution in [3.8, 4) is 0 Å². The molecule has 2 fully saturated rings. The van der Waals surface area contributed by atoms with E-state index in [9.17, 15) is 4.79 Å². The predicted octanol–water partition coefficient (Wildman–Crippen LogP) is 1.21. The van der Waals surface area contributed by atoms with Crippen LogP contribution >= 0.6 is 0 Å². The first-order valence-corrected chi connectivity index (χ1v) is 9.22. The van der Waals surface area contributed by atoms with Gasteiger partial charge in [-0.15, -0.1) is 0 Å². The molecule has 2 saturated heterocycles. The zero-order valence-electron chi connectivity index (χ0n) is 14.5. The van der Waals surface area contributed by atoms with Crippen LogP contribution in [-0.4, -0.2) is 85.7 Å². The van der Waals surface area contributed by atoms with Crippen LogP contribution in [0.4, 0.5) is 0 Å². The minimum atomic E-state index is 0.00728. The highest BCUT2D eigenvalue weighted by Gasteiger charge is 2.29. The maximum atomic E-state index is 12.6. The summed E-state index contributed by atoms with van der Waals surface area (Å²) >= 11 is 0. The Morgan fingerprint density at radius 2 is 1.87 bits per heavy atom. The molecule has 5 heteroatoms. The number of hydrogen-bond donors (Lipinski definition) is 0. The average Bonchev–Trinajstić information content (AvgIpc) is 2.63. The van der Waals surface area contributed by atoms with Crippen LogP contribution in [0.25, 0.3) is 0 Å². The third-order valence-electron chi connectivity index (χ3n) is 5.53. The molecule has 23 heavy (non-hydrogen) atoms. The molecule has 2 atom stereocenters. The molecule has 2 heterocycles. The highest BCUT2D eigenvalue weighted by molar-refractivity contribution is 5.81. The van der Waals surface area contributed by atoms with Crippen molar-refractivity contribution >= 4 is 5.91 Å². The van der Waals surface area contributed by atoms with Crippen LogP contribution in [0.15, 0.2) is 12.2 Å². The van der Waals surface area contributed by atoms with E-state index in [4.69, 9.17) is 4.74 Å². The summed E-state index contributed by atoms with van der Waals surface area (Å²) in [5.41, 5.74) is 0. The van der Waals surface area contributed by atoms with E-state index in [1.165, 1.54) is 25.8 Å². The Labute approximate surface area is 140 Å². The van der Waals surface area contributed by atoms with Gasteiger partial charge in [0.1, 0.15) is 0 Å². The number of ether oxygens (including phenoxy) is 1. The van der Waals surface area contributed by atoms with E-state index in [1.807, 2.05) is 4.90 Å². The van der Waals surface area contributed by atoms with Gasteiger partial charge in [0.15, 0.2) is 0 Å². The van der Waals surface area contributed by atoms with Crippen LogP contribution < -0.4 is 0 Å². The van der Waals surface area contributed by atoms with Crippen molar-refractivity contribution in [1.29, 1.82) is 0 Å². The van der Waals surface area contributed by atoms with Crippen molar-refractivity contribution in [2.45, 2.75) is 32.2 Å². The van der Waals surface area contributed by atoms with Gasteiger partial charge in [0.05, 0.1) is 19.3 Å². The van der Waals surface area contributed by atoms with Crippen molar-refractivity contribution in [2.75, 3.05) is 59.0 Å². The van der Waals surface area contributed by atoms with E-state index in [0.717, 1.165) is 45.2 Å². The van der Waals surface area contributed by atoms with Crippen LogP contribution in [0, 0.1) is 5.92 Å². The predicted molar refractivity (Wildman–Crippen MR) is 91.4 cm³/mol. The minimum Gasteiger partial charge on any atom is -0.378 e. The van der Waals surface area contributed by atoms with Crippen LogP contribution in [0.2, 0.25) is 0 Å². The van der Waals surface area contributed by atoms with Crippen LogP contribution in [0.3, 0.4) is 0 Å². The second-order valence-electron chi connectivity index (χ2n) is 7.10. The SMILES string of the molecule is CC(C(=O)N1CCOCC1)N1CCN(CC2CC=CCC2)CC1. The van der Waals surface area contributed by atoms with Gasteiger partial charge in [-0.1, -0.05) is 12.2 Å². The molecule has 2 aliphatic heterocycles. The Balaban J connectivity index is 1.42. The molecule has 5 nitrogen and oxygen atoms in total. The average molecular weight is 321 g/mol. The maximum Gasteiger partial charge on any atom is 0.239 e. The van der Waals surface area contributed by atoms with Crippen molar-refractivity contribution in [1.82, 2.24) is 14.7 Å². The first-order chi connectivity index (χ1) is 11.2. The Bertz CT molecular complexity index is 412. The Morgan fingerprint density at radius 3 is 2.52 bits per heavy atom. The molecular weight excluding hydrogens is 290 g/mol. The zero-order chi connectivity index (χ0) is 16.1. The highest BCUT2D eigenvalue weighted by atomic mass is 16.5. The Hall–Kier alpha value is -0.910. The molecule has 0 bridgehead atoms.